The highest BCUT2D eigenvalue weighted by Gasteiger charge is 2.23. The summed E-state index contributed by atoms with van der Waals surface area (Å²) in [7, 11) is 0. The zero-order chi connectivity index (χ0) is 15.2. The number of likely N-dealkylation sites (tertiary alicyclic amines) is 1. The summed E-state index contributed by atoms with van der Waals surface area (Å²) in [5.74, 6) is 0. The number of aliphatic hydroxyl groups excluding tert-OH is 1. The lowest BCUT2D eigenvalue weighted by atomic mass is 10.00. The van der Waals surface area contributed by atoms with Crippen molar-refractivity contribution in [3.05, 3.63) is 34.9 Å². The van der Waals surface area contributed by atoms with Crippen molar-refractivity contribution in [2.24, 2.45) is 0 Å². The molecule has 2 rings (SSSR count). The first kappa shape index (κ1) is 16.5. The summed E-state index contributed by atoms with van der Waals surface area (Å²) >= 11 is 0. The molecule has 1 fully saturated rings. The number of benzene rings is 1. The van der Waals surface area contributed by atoms with Crippen LogP contribution in [0.4, 0.5) is 0 Å². The average Bonchev–Trinajstić information content (AvgIpc) is 2.45. The van der Waals surface area contributed by atoms with Crippen LogP contribution in [0.15, 0.2) is 18.2 Å². The second-order valence-corrected chi connectivity index (χ2v) is 6.27. The molecule has 0 spiro atoms. The highest BCUT2D eigenvalue weighted by Crippen LogP contribution is 2.22. The molecule has 118 valence electrons. The first-order valence-electron chi connectivity index (χ1n) is 8.19. The molecule has 1 heterocycles. The van der Waals surface area contributed by atoms with Gasteiger partial charge in [0.1, 0.15) is 0 Å². The molecule has 2 atom stereocenters. The third-order valence-electron chi connectivity index (χ3n) is 4.24. The SMILES string of the molecule is CCCOC1CCCN(CC(O)c2ccc(C)cc2C)C1. The van der Waals surface area contributed by atoms with Gasteiger partial charge in [-0.3, -0.25) is 4.90 Å². The summed E-state index contributed by atoms with van der Waals surface area (Å²) in [5.41, 5.74) is 3.48. The Morgan fingerprint density at radius 1 is 1.38 bits per heavy atom. The minimum Gasteiger partial charge on any atom is -0.387 e. The van der Waals surface area contributed by atoms with Crippen LogP contribution in [0, 0.1) is 13.8 Å². The van der Waals surface area contributed by atoms with Crippen LogP contribution in [0.5, 0.6) is 0 Å². The Morgan fingerprint density at radius 2 is 2.19 bits per heavy atom. The number of hydrogen-bond acceptors (Lipinski definition) is 3. The lowest BCUT2D eigenvalue weighted by Crippen LogP contribution is -2.41. The first-order valence-corrected chi connectivity index (χ1v) is 8.19. The highest BCUT2D eigenvalue weighted by atomic mass is 16.5. The number of aryl methyl sites for hydroxylation is 2. The molecule has 3 heteroatoms. The molecule has 0 amide bonds. The van der Waals surface area contributed by atoms with Crippen molar-refractivity contribution in [3.63, 3.8) is 0 Å². The molecule has 1 aromatic rings. The van der Waals surface area contributed by atoms with Crippen molar-refractivity contribution in [2.75, 3.05) is 26.2 Å². The van der Waals surface area contributed by atoms with Crippen molar-refractivity contribution in [1.82, 2.24) is 4.90 Å². The van der Waals surface area contributed by atoms with Gasteiger partial charge in [-0.25, -0.2) is 0 Å². The standard InChI is InChI=1S/C18H29NO2/c1-4-10-21-16-6-5-9-19(12-16)13-18(20)17-8-7-14(2)11-15(17)3/h7-8,11,16,18,20H,4-6,9-10,12-13H2,1-3H3. The van der Waals surface area contributed by atoms with E-state index in [1.165, 1.54) is 11.1 Å². The van der Waals surface area contributed by atoms with Crippen molar-refractivity contribution in [3.8, 4) is 0 Å². The third kappa shape index (κ3) is 4.80. The van der Waals surface area contributed by atoms with Crippen LogP contribution >= 0.6 is 0 Å². The molecular formula is C18H29NO2. The van der Waals surface area contributed by atoms with E-state index in [9.17, 15) is 5.11 Å². The molecule has 0 bridgehead atoms. The van der Waals surface area contributed by atoms with E-state index in [1.54, 1.807) is 0 Å². The maximum absolute atomic E-state index is 10.5. The number of aliphatic hydroxyl groups is 1. The summed E-state index contributed by atoms with van der Waals surface area (Å²) in [6.45, 7) is 9.87. The van der Waals surface area contributed by atoms with Gasteiger partial charge >= 0.3 is 0 Å². The van der Waals surface area contributed by atoms with E-state index in [0.29, 0.717) is 12.6 Å². The van der Waals surface area contributed by atoms with Crippen molar-refractivity contribution < 1.29 is 9.84 Å². The summed E-state index contributed by atoms with van der Waals surface area (Å²) in [4.78, 5) is 2.34. The molecular weight excluding hydrogens is 262 g/mol. The van der Waals surface area contributed by atoms with Gasteiger partial charge in [-0.2, -0.15) is 0 Å². The van der Waals surface area contributed by atoms with E-state index in [4.69, 9.17) is 4.74 Å². The molecule has 1 aliphatic heterocycles. The predicted molar refractivity (Wildman–Crippen MR) is 86.6 cm³/mol. The molecule has 21 heavy (non-hydrogen) atoms. The van der Waals surface area contributed by atoms with E-state index < -0.39 is 6.10 Å². The van der Waals surface area contributed by atoms with Crippen LogP contribution in [-0.4, -0.2) is 42.4 Å². The van der Waals surface area contributed by atoms with Crippen molar-refractivity contribution in [2.45, 2.75) is 52.2 Å². The quantitative estimate of drug-likeness (QED) is 0.873. The highest BCUT2D eigenvalue weighted by molar-refractivity contribution is 5.32. The van der Waals surface area contributed by atoms with E-state index in [0.717, 1.165) is 44.5 Å². The zero-order valence-electron chi connectivity index (χ0n) is 13.6. The number of β-amino-alcohol motifs (C(OH)–C–C–N with tert-alkyl or cyclic N) is 1. The Hall–Kier alpha value is -0.900. The van der Waals surface area contributed by atoms with Gasteiger partial charge < -0.3 is 9.84 Å². The predicted octanol–water partition coefficient (Wildman–Crippen LogP) is 3.23. The van der Waals surface area contributed by atoms with Gasteiger partial charge in [-0.1, -0.05) is 30.7 Å². The van der Waals surface area contributed by atoms with Crippen LogP contribution in [0.3, 0.4) is 0 Å². The normalized spacial score (nSPS) is 21.4. The summed E-state index contributed by atoms with van der Waals surface area (Å²) in [5, 5.41) is 10.5. The largest absolute Gasteiger partial charge is 0.387 e. The van der Waals surface area contributed by atoms with Gasteiger partial charge in [0.05, 0.1) is 12.2 Å². The fourth-order valence-electron chi connectivity index (χ4n) is 3.14. The smallest absolute Gasteiger partial charge is 0.0919 e. The fourth-order valence-corrected chi connectivity index (χ4v) is 3.14. The maximum Gasteiger partial charge on any atom is 0.0919 e. The lowest BCUT2D eigenvalue weighted by Gasteiger charge is -2.34. The van der Waals surface area contributed by atoms with Crippen LogP contribution in [0.25, 0.3) is 0 Å². The second-order valence-electron chi connectivity index (χ2n) is 6.27. The van der Waals surface area contributed by atoms with Gasteiger partial charge in [0.25, 0.3) is 0 Å². The molecule has 1 aliphatic rings. The van der Waals surface area contributed by atoms with E-state index >= 15 is 0 Å². The van der Waals surface area contributed by atoms with Gasteiger partial charge in [-0.15, -0.1) is 0 Å². The molecule has 1 aromatic carbocycles. The molecule has 1 N–H and O–H groups in total. The number of hydrogen-bond donors (Lipinski definition) is 1. The fraction of sp³-hybridized carbons (Fsp3) is 0.667. The van der Waals surface area contributed by atoms with Gasteiger partial charge in [-0.05, 0) is 50.8 Å². The maximum atomic E-state index is 10.5. The Bertz CT molecular complexity index is 447. The molecule has 0 saturated carbocycles. The van der Waals surface area contributed by atoms with Crippen LogP contribution in [-0.2, 0) is 4.74 Å². The first-order chi connectivity index (χ1) is 10.1. The monoisotopic (exact) mass is 291 g/mol. The lowest BCUT2D eigenvalue weighted by molar-refractivity contribution is -0.0120. The Kier molecular flexibility index (Phi) is 6.22. The van der Waals surface area contributed by atoms with E-state index in [-0.39, 0.29) is 0 Å². The van der Waals surface area contributed by atoms with Crippen molar-refractivity contribution in [1.29, 1.82) is 0 Å². The third-order valence-corrected chi connectivity index (χ3v) is 4.24. The molecule has 0 radical (unpaired) electrons. The average molecular weight is 291 g/mol. The van der Waals surface area contributed by atoms with Crippen LogP contribution in [0.1, 0.15) is 49.0 Å². The number of piperidine rings is 1. The summed E-state index contributed by atoms with van der Waals surface area (Å²) < 4.78 is 5.87. The van der Waals surface area contributed by atoms with Crippen molar-refractivity contribution >= 4 is 0 Å². The minimum atomic E-state index is -0.407. The Morgan fingerprint density at radius 3 is 2.90 bits per heavy atom. The Labute approximate surface area is 128 Å². The topological polar surface area (TPSA) is 32.7 Å². The van der Waals surface area contributed by atoms with Gasteiger partial charge in [0, 0.05) is 19.7 Å². The minimum absolute atomic E-state index is 0.338. The molecule has 2 unspecified atom stereocenters. The van der Waals surface area contributed by atoms with E-state index in [2.05, 4.69) is 43.9 Å². The second kappa shape index (κ2) is 7.92. The molecule has 0 aliphatic carbocycles. The number of rotatable bonds is 6. The molecule has 0 aromatic heterocycles. The summed E-state index contributed by atoms with van der Waals surface area (Å²) in [6.07, 6.45) is 3.31. The van der Waals surface area contributed by atoms with Gasteiger partial charge in [0.15, 0.2) is 0 Å². The number of ether oxygens (including phenoxy) is 1. The van der Waals surface area contributed by atoms with Crippen LogP contribution < -0.4 is 0 Å². The van der Waals surface area contributed by atoms with E-state index in [1.807, 2.05) is 0 Å². The Balaban J connectivity index is 1.90. The summed E-state index contributed by atoms with van der Waals surface area (Å²) in [6, 6.07) is 6.28. The molecule has 3 nitrogen and oxygen atoms in total. The van der Waals surface area contributed by atoms with Gasteiger partial charge in [0.2, 0.25) is 0 Å². The zero-order valence-corrected chi connectivity index (χ0v) is 13.6. The molecule has 1 saturated heterocycles. The number of nitrogens with zero attached hydrogens (tertiary/aromatic N) is 1. The van der Waals surface area contributed by atoms with Crippen LogP contribution in [0.2, 0.25) is 0 Å².